The number of carbonyl (C=O) groups excluding carboxylic acids is 1. The molecule has 0 aromatic heterocycles. The summed E-state index contributed by atoms with van der Waals surface area (Å²) in [5.74, 6) is -0.0802. The number of nitriles is 1. The maximum absolute atomic E-state index is 11.1. The first-order chi connectivity index (χ1) is 6.11. The topological polar surface area (TPSA) is 50.1 Å². The van der Waals surface area contributed by atoms with Gasteiger partial charge >= 0.3 is 5.97 Å². The Morgan fingerprint density at radius 2 is 2.23 bits per heavy atom. The van der Waals surface area contributed by atoms with E-state index in [4.69, 9.17) is 10.00 Å². The molecule has 0 N–H and O–H groups in total. The summed E-state index contributed by atoms with van der Waals surface area (Å²) in [6, 6.07) is 1.83. The molecule has 0 aliphatic heterocycles. The molecule has 0 spiro atoms. The second kappa shape index (κ2) is 6.24. The standard InChI is InChI=1S/C10H15NO2/c1-4-13-10(12)9(7-11)6-5-8(2)3/h6,8H,4-5H2,1-3H3/b9-6+. The van der Waals surface area contributed by atoms with Gasteiger partial charge in [-0.05, 0) is 19.3 Å². The molecule has 0 fully saturated rings. The van der Waals surface area contributed by atoms with Crippen molar-refractivity contribution in [3.8, 4) is 6.07 Å². The normalized spacial score (nSPS) is 11.2. The lowest BCUT2D eigenvalue weighted by Gasteiger charge is -2.00. The summed E-state index contributed by atoms with van der Waals surface area (Å²) in [7, 11) is 0. The van der Waals surface area contributed by atoms with Crippen LogP contribution in [0.15, 0.2) is 11.6 Å². The number of esters is 1. The van der Waals surface area contributed by atoms with Gasteiger partial charge in [0.05, 0.1) is 6.61 Å². The largest absolute Gasteiger partial charge is 0.462 e. The van der Waals surface area contributed by atoms with Crippen LogP contribution < -0.4 is 0 Å². The van der Waals surface area contributed by atoms with Crippen molar-refractivity contribution in [1.29, 1.82) is 5.26 Å². The predicted molar refractivity (Wildman–Crippen MR) is 49.8 cm³/mol. The maximum atomic E-state index is 11.1. The van der Waals surface area contributed by atoms with Crippen molar-refractivity contribution in [3.63, 3.8) is 0 Å². The summed E-state index contributed by atoms with van der Waals surface area (Å²) in [5.41, 5.74) is 0.107. The third kappa shape index (κ3) is 5.02. The molecule has 0 saturated carbocycles. The lowest BCUT2D eigenvalue weighted by atomic mass is 10.1. The van der Waals surface area contributed by atoms with Crippen LogP contribution >= 0.6 is 0 Å². The molecule has 0 aliphatic rings. The molecular formula is C10H15NO2. The SMILES string of the molecule is CCOC(=O)/C(C#N)=C/CC(C)C. The zero-order valence-electron chi connectivity index (χ0n) is 8.33. The molecule has 0 radical (unpaired) electrons. The molecule has 0 aliphatic carbocycles. The smallest absolute Gasteiger partial charge is 0.348 e. The molecule has 0 aromatic rings. The molecule has 0 rings (SSSR count). The van der Waals surface area contributed by atoms with E-state index in [2.05, 4.69) is 0 Å². The van der Waals surface area contributed by atoms with Crippen molar-refractivity contribution in [2.45, 2.75) is 27.2 Å². The Bertz CT molecular complexity index is 236. The number of ether oxygens (including phenoxy) is 1. The van der Waals surface area contributed by atoms with Crippen molar-refractivity contribution in [3.05, 3.63) is 11.6 Å². The molecule has 72 valence electrons. The summed E-state index contributed by atoms with van der Waals surface area (Å²) < 4.78 is 4.70. The third-order valence-electron chi connectivity index (χ3n) is 1.41. The van der Waals surface area contributed by atoms with Crippen LogP contribution in [0.25, 0.3) is 0 Å². The number of rotatable bonds is 4. The molecule has 0 unspecified atom stereocenters. The van der Waals surface area contributed by atoms with E-state index in [1.807, 2.05) is 19.9 Å². The zero-order valence-corrected chi connectivity index (χ0v) is 8.33. The van der Waals surface area contributed by atoms with Crippen LogP contribution in [-0.2, 0) is 9.53 Å². The van der Waals surface area contributed by atoms with Crippen LogP contribution in [0, 0.1) is 17.2 Å². The summed E-state index contributed by atoms with van der Waals surface area (Å²) in [5, 5.41) is 8.62. The average Bonchev–Trinajstić information content (AvgIpc) is 2.05. The second-order valence-electron chi connectivity index (χ2n) is 3.08. The Balaban J connectivity index is 4.26. The van der Waals surface area contributed by atoms with E-state index in [0.717, 1.165) is 6.42 Å². The molecule has 0 saturated heterocycles. The van der Waals surface area contributed by atoms with Crippen LogP contribution in [0.1, 0.15) is 27.2 Å². The number of hydrogen-bond acceptors (Lipinski definition) is 3. The summed E-state index contributed by atoms with van der Waals surface area (Å²) >= 11 is 0. The van der Waals surface area contributed by atoms with E-state index in [1.54, 1.807) is 13.0 Å². The van der Waals surface area contributed by atoms with Crippen LogP contribution in [-0.4, -0.2) is 12.6 Å². The highest BCUT2D eigenvalue weighted by atomic mass is 16.5. The van der Waals surface area contributed by atoms with E-state index >= 15 is 0 Å². The average molecular weight is 181 g/mol. The Kier molecular flexibility index (Phi) is 5.62. The first kappa shape index (κ1) is 11.7. The number of hydrogen-bond donors (Lipinski definition) is 0. The summed E-state index contributed by atoms with van der Waals surface area (Å²) in [6.45, 7) is 6.07. The van der Waals surface area contributed by atoms with Crippen LogP contribution in [0.2, 0.25) is 0 Å². The molecule has 0 aromatic carbocycles. The van der Waals surface area contributed by atoms with Crippen molar-refractivity contribution < 1.29 is 9.53 Å². The van der Waals surface area contributed by atoms with Gasteiger partial charge in [0.1, 0.15) is 11.6 Å². The fourth-order valence-corrected chi connectivity index (χ4v) is 0.737. The number of nitrogens with zero attached hydrogens (tertiary/aromatic N) is 1. The van der Waals surface area contributed by atoms with E-state index < -0.39 is 5.97 Å². The van der Waals surface area contributed by atoms with Gasteiger partial charge in [-0.25, -0.2) is 4.79 Å². The van der Waals surface area contributed by atoms with Gasteiger partial charge < -0.3 is 4.74 Å². The highest BCUT2D eigenvalue weighted by Crippen LogP contribution is 2.05. The van der Waals surface area contributed by atoms with Gasteiger partial charge in [-0.1, -0.05) is 19.9 Å². The minimum absolute atomic E-state index is 0.107. The maximum Gasteiger partial charge on any atom is 0.348 e. The first-order valence-electron chi connectivity index (χ1n) is 4.39. The van der Waals surface area contributed by atoms with Crippen LogP contribution in [0.4, 0.5) is 0 Å². The number of allylic oxidation sites excluding steroid dienone is 1. The number of carbonyl (C=O) groups is 1. The van der Waals surface area contributed by atoms with Crippen LogP contribution in [0.5, 0.6) is 0 Å². The van der Waals surface area contributed by atoms with E-state index in [0.29, 0.717) is 12.5 Å². The second-order valence-corrected chi connectivity index (χ2v) is 3.08. The Hall–Kier alpha value is -1.30. The van der Waals surface area contributed by atoms with Gasteiger partial charge in [0.15, 0.2) is 0 Å². The lowest BCUT2D eigenvalue weighted by Crippen LogP contribution is -2.06. The molecule has 0 amide bonds. The zero-order chi connectivity index (χ0) is 10.3. The minimum atomic E-state index is -0.523. The molecule has 0 heterocycles. The Morgan fingerprint density at radius 1 is 1.62 bits per heavy atom. The van der Waals surface area contributed by atoms with E-state index in [1.165, 1.54) is 0 Å². The monoisotopic (exact) mass is 181 g/mol. The van der Waals surface area contributed by atoms with Gasteiger partial charge in [0.25, 0.3) is 0 Å². The first-order valence-corrected chi connectivity index (χ1v) is 4.39. The van der Waals surface area contributed by atoms with Gasteiger partial charge in [-0.3, -0.25) is 0 Å². The van der Waals surface area contributed by atoms with E-state index in [-0.39, 0.29) is 5.57 Å². The summed E-state index contributed by atoms with van der Waals surface area (Å²) in [4.78, 5) is 11.1. The van der Waals surface area contributed by atoms with Gasteiger partial charge in [0, 0.05) is 0 Å². The predicted octanol–water partition coefficient (Wildman–Crippen LogP) is 2.05. The van der Waals surface area contributed by atoms with Crippen molar-refractivity contribution >= 4 is 5.97 Å². The molecule has 3 heteroatoms. The highest BCUT2D eigenvalue weighted by Gasteiger charge is 2.08. The molecule has 0 bridgehead atoms. The van der Waals surface area contributed by atoms with Crippen LogP contribution in [0.3, 0.4) is 0 Å². The fraction of sp³-hybridized carbons (Fsp3) is 0.600. The Morgan fingerprint density at radius 3 is 2.62 bits per heavy atom. The van der Waals surface area contributed by atoms with Gasteiger partial charge in [0.2, 0.25) is 0 Å². The van der Waals surface area contributed by atoms with Crippen molar-refractivity contribution in [2.24, 2.45) is 5.92 Å². The molecular weight excluding hydrogens is 166 g/mol. The summed E-state index contributed by atoms with van der Waals surface area (Å²) in [6.07, 6.45) is 2.35. The molecule has 13 heavy (non-hydrogen) atoms. The lowest BCUT2D eigenvalue weighted by molar-refractivity contribution is -0.138. The Labute approximate surface area is 79.0 Å². The third-order valence-corrected chi connectivity index (χ3v) is 1.41. The van der Waals surface area contributed by atoms with E-state index in [9.17, 15) is 4.79 Å². The minimum Gasteiger partial charge on any atom is -0.462 e. The molecule has 3 nitrogen and oxygen atoms in total. The van der Waals surface area contributed by atoms with Crippen molar-refractivity contribution in [2.75, 3.05) is 6.61 Å². The fourth-order valence-electron chi connectivity index (χ4n) is 0.737. The van der Waals surface area contributed by atoms with Gasteiger partial charge in [-0.15, -0.1) is 0 Å². The quantitative estimate of drug-likeness (QED) is 0.379. The molecule has 0 atom stereocenters. The van der Waals surface area contributed by atoms with Gasteiger partial charge in [-0.2, -0.15) is 5.26 Å². The highest BCUT2D eigenvalue weighted by molar-refractivity contribution is 5.92. The van der Waals surface area contributed by atoms with Crippen molar-refractivity contribution in [1.82, 2.24) is 0 Å².